The van der Waals surface area contributed by atoms with Crippen molar-refractivity contribution in [3.8, 4) is 0 Å². The van der Waals surface area contributed by atoms with E-state index in [1.54, 1.807) is 0 Å². The summed E-state index contributed by atoms with van der Waals surface area (Å²) in [6.07, 6.45) is 0.227. The second-order valence-corrected chi connectivity index (χ2v) is 2.70. The Hall–Kier alpha value is -1.99. The van der Waals surface area contributed by atoms with E-state index < -0.39 is 10.9 Å². The monoisotopic (exact) mass is 199 g/mol. The quantitative estimate of drug-likeness (QED) is 0.527. The van der Waals surface area contributed by atoms with E-state index in [0.29, 0.717) is 0 Å². The molecule has 1 aromatic heterocycles. The number of nitrogens with two attached hydrogens (primary N) is 1. The van der Waals surface area contributed by atoms with Gasteiger partial charge in [-0.25, -0.2) is 0 Å². The molecule has 0 radical (unpaired) electrons. The number of nitro groups is 1. The standard InChI is InChI=1S/C6H9N5O3/c1-4(12)2-3-10-5(7)8-6(9-10)11(13)14/h2-3H2,1H3,(H2,7,8,9). The van der Waals surface area contributed by atoms with Crippen LogP contribution in [0.25, 0.3) is 0 Å². The number of rotatable bonds is 4. The second kappa shape index (κ2) is 3.81. The van der Waals surface area contributed by atoms with Crippen molar-refractivity contribution in [2.75, 3.05) is 5.73 Å². The van der Waals surface area contributed by atoms with Crippen molar-refractivity contribution >= 4 is 17.7 Å². The van der Waals surface area contributed by atoms with Crippen molar-refractivity contribution in [3.63, 3.8) is 0 Å². The predicted octanol–water partition coefficient (Wildman–Crippen LogP) is -0.252. The normalized spacial score (nSPS) is 10.1. The molecule has 14 heavy (non-hydrogen) atoms. The van der Waals surface area contributed by atoms with Crippen LogP contribution in [0.2, 0.25) is 0 Å². The molecule has 0 aliphatic rings. The maximum atomic E-state index is 10.6. The van der Waals surface area contributed by atoms with Gasteiger partial charge in [-0.3, -0.25) is 4.79 Å². The van der Waals surface area contributed by atoms with Gasteiger partial charge in [-0.1, -0.05) is 0 Å². The topological polar surface area (TPSA) is 117 Å². The third-order valence-electron chi connectivity index (χ3n) is 1.53. The van der Waals surface area contributed by atoms with Crippen molar-refractivity contribution in [1.29, 1.82) is 0 Å². The molecule has 8 nitrogen and oxygen atoms in total. The minimum Gasteiger partial charge on any atom is -0.390 e. The summed E-state index contributed by atoms with van der Waals surface area (Å²) in [5, 5.41) is 13.8. The lowest BCUT2D eigenvalue weighted by atomic mass is 10.3. The fraction of sp³-hybridized carbons (Fsp3) is 0.500. The lowest BCUT2D eigenvalue weighted by Gasteiger charge is -1.93. The molecule has 0 aromatic carbocycles. The largest absolute Gasteiger partial charge is 0.493 e. The van der Waals surface area contributed by atoms with Gasteiger partial charge in [-0.05, 0) is 16.8 Å². The number of ketones is 1. The number of anilines is 1. The zero-order valence-electron chi connectivity index (χ0n) is 7.51. The molecule has 2 N–H and O–H groups in total. The number of carbonyl (C=O) groups excluding carboxylic acids is 1. The molecular weight excluding hydrogens is 190 g/mol. The Morgan fingerprint density at radius 3 is 2.79 bits per heavy atom. The zero-order valence-corrected chi connectivity index (χ0v) is 7.51. The first-order valence-corrected chi connectivity index (χ1v) is 3.85. The van der Waals surface area contributed by atoms with E-state index in [9.17, 15) is 14.9 Å². The molecule has 1 aromatic rings. The number of aromatic nitrogens is 3. The van der Waals surface area contributed by atoms with Crippen molar-refractivity contribution in [1.82, 2.24) is 14.8 Å². The van der Waals surface area contributed by atoms with Crippen LogP contribution >= 0.6 is 0 Å². The van der Waals surface area contributed by atoms with Gasteiger partial charge < -0.3 is 15.8 Å². The highest BCUT2D eigenvalue weighted by molar-refractivity contribution is 5.75. The Kier molecular flexibility index (Phi) is 2.75. The minimum atomic E-state index is -0.735. The summed E-state index contributed by atoms with van der Waals surface area (Å²) >= 11 is 0. The number of Topliss-reactive ketones (excluding diaryl/α,β-unsaturated/α-hetero) is 1. The maximum Gasteiger partial charge on any atom is 0.493 e. The first kappa shape index (κ1) is 10.1. The lowest BCUT2D eigenvalue weighted by Crippen LogP contribution is -2.08. The summed E-state index contributed by atoms with van der Waals surface area (Å²) in [5.74, 6) is -0.647. The Bertz CT molecular complexity index is 372. The first-order chi connectivity index (χ1) is 6.50. The average Bonchev–Trinajstić information content (AvgIpc) is 2.43. The summed E-state index contributed by atoms with van der Waals surface area (Å²) < 4.78 is 1.14. The Morgan fingerprint density at radius 2 is 2.36 bits per heavy atom. The minimum absolute atomic E-state index is 0.0393. The summed E-state index contributed by atoms with van der Waals surface area (Å²) in [6.45, 7) is 1.63. The number of nitrogens with zero attached hydrogens (tertiary/aromatic N) is 4. The Morgan fingerprint density at radius 1 is 1.71 bits per heavy atom. The molecule has 76 valence electrons. The summed E-state index contributed by atoms with van der Waals surface area (Å²) in [5.41, 5.74) is 5.34. The first-order valence-electron chi connectivity index (χ1n) is 3.85. The lowest BCUT2D eigenvalue weighted by molar-refractivity contribution is -0.394. The van der Waals surface area contributed by atoms with E-state index in [1.165, 1.54) is 6.92 Å². The summed E-state index contributed by atoms with van der Waals surface area (Å²) in [6, 6.07) is 0. The van der Waals surface area contributed by atoms with Crippen LogP contribution in [0.1, 0.15) is 13.3 Å². The van der Waals surface area contributed by atoms with E-state index in [1.807, 2.05) is 0 Å². The van der Waals surface area contributed by atoms with E-state index in [-0.39, 0.29) is 24.7 Å². The van der Waals surface area contributed by atoms with Crippen molar-refractivity contribution in [2.45, 2.75) is 19.9 Å². The average molecular weight is 199 g/mol. The van der Waals surface area contributed by atoms with Crippen LogP contribution < -0.4 is 5.73 Å². The second-order valence-electron chi connectivity index (χ2n) is 2.70. The summed E-state index contributed by atoms with van der Waals surface area (Å²) in [7, 11) is 0. The van der Waals surface area contributed by atoms with Crippen LogP contribution in [0.5, 0.6) is 0 Å². The van der Waals surface area contributed by atoms with Gasteiger partial charge in [-0.15, -0.1) is 0 Å². The molecule has 0 aliphatic heterocycles. The van der Waals surface area contributed by atoms with Gasteiger partial charge in [0.1, 0.15) is 5.78 Å². The van der Waals surface area contributed by atoms with Gasteiger partial charge >= 0.3 is 11.9 Å². The van der Waals surface area contributed by atoms with Crippen LogP contribution in [-0.4, -0.2) is 25.5 Å². The van der Waals surface area contributed by atoms with E-state index in [2.05, 4.69) is 10.1 Å². The van der Waals surface area contributed by atoms with Crippen LogP contribution in [0.3, 0.4) is 0 Å². The van der Waals surface area contributed by atoms with Gasteiger partial charge in [0.05, 0.1) is 6.54 Å². The fourth-order valence-electron chi connectivity index (χ4n) is 0.847. The maximum absolute atomic E-state index is 10.6. The van der Waals surface area contributed by atoms with E-state index >= 15 is 0 Å². The Balaban J connectivity index is 2.77. The van der Waals surface area contributed by atoms with Crippen molar-refractivity contribution < 1.29 is 9.72 Å². The van der Waals surface area contributed by atoms with Gasteiger partial charge in [0.2, 0.25) is 0 Å². The molecule has 0 amide bonds. The third-order valence-corrected chi connectivity index (χ3v) is 1.53. The number of aryl methyl sites for hydroxylation is 1. The van der Waals surface area contributed by atoms with Crippen molar-refractivity contribution in [2.24, 2.45) is 0 Å². The predicted molar refractivity (Wildman–Crippen MR) is 46.4 cm³/mol. The molecule has 0 saturated heterocycles. The van der Waals surface area contributed by atoms with Gasteiger partial charge in [0.25, 0.3) is 0 Å². The number of hydrogen-bond donors (Lipinski definition) is 1. The molecule has 8 heteroatoms. The van der Waals surface area contributed by atoms with Crippen LogP contribution in [0.4, 0.5) is 11.9 Å². The number of hydrogen-bond acceptors (Lipinski definition) is 6. The molecule has 0 spiro atoms. The molecule has 0 atom stereocenters. The molecule has 0 aliphatic carbocycles. The van der Waals surface area contributed by atoms with E-state index in [4.69, 9.17) is 5.73 Å². The molecule has 0 fully saturated rings. The number of carbonyl (C=O) groups is 1. The highest BCUT2D eigenvalue weighted by Gasteiger charge is 2.18. The molecule has 1 rings (SSSR count). The zero-order chi connectivity index (χ0) is 10.7. The molecule has 1 heterocycles. The SMILES string of the molecule is CC(=O)CCn1nc([N+](=O)[O-])nc1N. The van der Waals surface area contributed by atoms with Gasteiger partial charge in [0.15, 0.2) is 0 Å². The summed E-state index contributed by atoms with van der Waals surface area (Å²) in [4.78, 5) is 23.6. The van der Waals surface area contributed by atoms with Gasteiger partial charge in [0, 0.05) is 11.5 Å². The van der Waals surface area contributed by atoms with Crippen LogP contribution in [0, 0.1) is 10.1 Å². The molecule has 0 saturated carbocycles. The Labute approximate surface area is 78.9 Å². The van der Waals surface area contributed by atoms with Crippen LogP contribution in [-0.2, 0) is 11.3 Å². The fourth-order valence-corrected chi connectivity index (χ4v) is 0.847. The smallest absolute Gasteiger partial charge is 0.390 e. The highest BCUT2D eigenvalue weighted by Crippen LogP contribution is 2.07. The third kappa shape index (κ3) is 2.25. The highest BCUT2D eigenvalue weighted by atomic mass is 16.6. The van der Waals surface area contributed by atoms with Crippen LogP contribution in [0.15, 0.2) is 0 Å². The molecular formula is C6H9N5O3. The van der Waals surface area contributed by atoms with E-state index in [0.717, 1.165) is 4.68 Å². The van der Waals surface area contributed by atoms with Gasteiger partial charge in [-0.2, -0.15) is 4.68 Å². The molecule has 0 unspecified atom stereocenters. The number of nitrogen functional groups attached to an aromatic ring is 1. The van der Waals surface area contributed by atoms with Crippen molar-refractivity contribution in [3.05, 3.63) is 10.1 Å². The molecule has 0 bridgehead atoms.